The summed E-state index contributed by atoms with van der Waals surface area (Å²) in [6.07, 6.45) is 0.802. The highest BCUT2D eigenvalue weighted by Gasteiger charge is 2.18. The fraction of sp³-hybridized carbons (Fsp3) is 0.400. The first kappa shape index (κ1) is 9.20. The number of hydrogen-bond donors (Lipinski definition) is 1. The number of benzene rings is 1. The third-order valence-corrected chi connectivity index (χ3v) is 2.22. The third-order valence-electron chi connectivity index (χ3n) is 2.22. The van der Waals surface area contributed by atoms with Gasteiger partial charge in [-0.15, -0.1) is 0 Å². The van der Waals surface area contributed by atoms with Crippen molar-refractivity contribution in [3.05, 3.63) is 35.6 Å². The van der Waals surface area contributed by atoms with Crippen molar-refractivity contribution in [1.82, 2.24) is 0 Å². The van der Waals surface area contributed by atoms with E-state index in [0.717, 1.165) is 12.0 Å². The smallest absolute Gasteiger partial charge is 0.123 e. The van der Waals surface area contributed by atoms with Crippen molar-refractivity contribution in [3.8, 4) is 0 Å². The van der Waals surface area contributed by atoms with Crippen molar-refractivity contribution >= 4 is 0 Å². The molecule has 0 aliphatic heterocycles. The van der Waals surface area contributed by atoms with Crippen LogP contribution in [0.25, 0.3) is 0 Å². The molecule has 0 bridgehead atoms. The van der Waals surface area contributed by atoms with Crippen molar-refractivity contribution in [2.75, 3.05) is 0 Å². The van der Waals surface area contributed by atoms with E-state index in [4.69, 9.17) is 5.73 Å². The third kappa shape index (κ3) is 1.83. The highest BCUT2D eigenvalue weighted by Crippen LogP contribution is 2.21. The molecule has 12 heavy (non-hydrogen) atoms. The molecular weight excluding hydrogens is 153 g/mol. The Morgan fingerprint density at radius 2 is 2.17 bits per heavy atom. The Balaban J connectivity index is 3.03. The Hall–Kier alpha value is -0.890. The Bertz CT molecular complexity index is 268. The van der Waals surface area contributed by atoms with Crippen molar-refractivity contribution in [2.45, 2.75) is 25.8 Å². The fourth-order valence-corrected chi connectivity index (χ4v) is 1.05. The van der Waals surface area contributed by atoms with Gasteiger partial charge in [0.1, 0.15) is 5.82 Å². The van der Waals surface area contributed by atoms with Gasteiger partial charge < -0.3 is 5.73 Å². The first-order valence-electron chi connectivity index (χ1n) is 4.11. The predicted molar refractivity (Wildman–Crippen MR) is 48.2 cm³/mol. The molecule has 0 aliphatic carbocycles. The minimum absolute atomic E-state index is 0.224. The minimum atomic E-state index is -0.415. The first-order valence-corrected chi connectivity index (χ1v) is 4.11. The largest absolute Gasteiger partial charge is 0.322 e. The molecule has 0 fully saturated rings. The van der Waals surface area contributed by atoms with Crippen molar-refractivity contribution < 1.29 is 4.39 Å². The first-order chi connectivity index (χ1) is 5.56. The van der Waals surface area contributed by atoms with E-state index >= 15 is 0 Å². The van der Waals surface area contributed by atoms with Gasteiger partial charge in [0, 0.05) is 5.54 Å². The SMILES string of the molecule is CCC(C)(N)c1cccc(F)c1. The van der Waals surface area contributed by atoms with E-state index in [-0.39, 0.29) is 5.82 Å². The normalized spacial score (nSPS) is 15.7. The quantitative estimate of drug-likeness (QED) is 0.719. The van der Waals surface area contributed by atoms with E-state index in [1.807, 2.05) is 19.9 Å². The molecule has 0 aromatic heterocycles. The van der Waals surface area contributed by atoms with Gasteiger partial charge in [0.2, 0.25) is 0 Å². The number of hydrogen-bond acceptors (Lipinski definition) is 1. The van der Waals surface area contributed by atoms with Gasteiger partial charge in [0.05, 0.1) is 0 Å². The predicted octanol–water partition coefficient (Wildman–Crippen LogP) is 2.41. The van der Waals surface area contributed by atoms with Crippen LogP contribution >= 0.6 is 0 Å². The van der Waals surface area contributed by atoms with E-state index in [2.05, 4.69) is 0 Å². The summed E-state index contributed by atoms with van der Waals surface area (Å²) in [6, 6.07) is 6.46. The molecule has 1 nitrogen and oxygen atoms in total. The summed E-state index contributed by atoms with van der Waals surface area (Å²) in [5.74, 6) is -0.224. The van der Waals surface area contributed by atoms with Gasteiger partial charge in [0.25, 0.3) is 0 Å². The summed E-state index contributed by atoms with van der Waals surface area (Å²) in [5.41, 5.74) is 6.38. The van der Waals surface area contributed by atoms with Crippen molar-refractivity contribution in [3.63, 3.8) is 0 Å². The minimum Gasteiger partial charge on any atom is -0.322 e. The molecule has 0 heterocycles. The van der Waals surface area contributed by atoms with Gasteiger partial charge in [-0.05, 0) is 31.0 Å². The van der Waals surface area contributed by atoms with E-state index < -0.39 is 5.54 Å². The van der Waals surface area contributed by atoms with Crippen LogP contribution in [0.2, 0.25) is 0 Å². The summed E-state index contributed by atoms with van der Waals surface area (Å²) in [4.78, 5) is 0. The summed E-state index contributed by atoms with van der Waals surface area (Å²) < 4.78 is 12.8. The van der Waals surface area contributed by atoms with E-state index in [0.29, 0.717) is 0 Å². The lowest BCUT2D eigenvalue weighted by Crippen LogP contribution is -2.31. The Morgan fingerprint density at radius 3 is 2.67 bits per heavy atom. The zero-order valence-electron chi connectivity index (χ0n) is 7.47. The summed E-state index contributed by atoms with van der Waals surface area (Å²) in [5, 5.41) is 0. The second-order valence-electron chi connectivity index (χ2n) is 3.28. The molecule has 1 aromatic carbocycles. The molecular formula is C10H14FN. The molecule has 1 unspecified atom stereocenters. The molecule has 0 saturated carbocycles. The highest BCUT2D eigenvalue weighted by molar-refractivity contribution is 5.23. The van der Waals surface area contributed by atoms with Gasteiger partial charge in [0.15, 0.2) is 0 Å². The molecule has 0 aliphatic rings. The van der Waals surface area contributed by atoms with Gasteiger partial charge in [-0.1, -0.05) is 19.1 Å². The molecule has 2 N–H and O–H groups in total. The number of halogens is 1. The second kappa shape index (κ2) is 3.23. The van der Waals surface area contributed by atoms with Crippen LogP contribution in [-0.2, 0) is 5.54 Å². The van der Waals surface area contributed by atoms with Crippen LogP contribution in [0.3, 0.4) is 0 Å². The van der Waals surface area contributed by atoms with Crippen LogP contribution in [-0.4, -0.2) is 0 Å². The van der Waals surface area contributed by atoms with Crippen LogP contribution in [0, 0.1) is 5.82 Å². The van der Waals surface area contributed by atoms with Gasteiger partial charge in [-0.25, -0.2) is 4.39 Å². The Kier molecular flexibility index (Phi) is 2.48. The molecule has 0 saturated heterocycles. The molecule has 66 valence electrons. The van der Waals surface area contributed by atoms with Gasteiger partial charge >= 0.3 is 0 Å². The van der Waals surface area contributed by atoms with Crippen LogP contribution in [0.15, 0.2) is 24.3 Å². The summed E-state index contributed by atoms with van der Waals surface area (Å²) >= 11 is 0. The van der Waals surface area contributed by atoms with Crippen LogP contribution in [0.5, 0.6) is 0 Å². The molecule has 1 atom stereocenters. The topological polar surface area (TPSA) is 26.0 Å². The van der Waals surface area contributed by atoms with Crippen molar-refractivity contribution in [1.29, 1.82) is 0 Å². The summed E-state index contributed by atoms with van der Waals surface area (Å²) in [6.45, 7) is 3.90. The number of rotatable bonds is 2. The number of nitrogens with two attached hydrogens (primary N) is 1. The highest BCUT2D eigenvalue weighted by atomic mass is 19.1. The van der Waals surface area contributed by atoms with E-state index in [1.54, 1.807) is 6.07 Å². The lowest BCUT2D eigenvalue weighted by atomic mass is 9.91. The standard InChI is InChI=1S/C10H14FN/c1-3-10(2,12)8-5-4-6-9(11)7-8/h4-7H,3,12H2,1-2H3. The lowest BCUT2D eigenvalue weighted by Gasteiger charge is -2.23. The Morgan fingerprint density at radius 1 is 1.50 bits per heavy atom. The average molecular weight is 167 g/mol. The van der Waals surface area contributed by atoms with Crippen LogP contribution in [0.1, 0.15) is 25.8 Å². The van der Waals surface area contributed by atoms with Crippen molar-refractivity contribution in [2.24, 2.45) is 5.73 Å². The zero-order chi connectivity index (χ0) is 9.19. The molecule has 1 rings (SSSR count). The van der Waals surface area contributed by atoms with Crippen LogP contribution in [0.4, 0.5) is 4.39 Å². The summed E-state index contributed by atoms with van der Waals surface area (Å²) in [7, 11) is 0. The zero-order valence-corrected chi connectivity index (χ0v) is 7.47. The molecule has 0 amide bonds. The van der Waals surface area contributed by atoms with Crippen LogP contribution < -0.4 is 5.73 Å². The van der Waals surface area contributed by atoms with Gasteiger partial charge in [-0.3, -0.25) is 0 Å². The average Bonchev–Trinajstić information content (AvgIpc) is 2.05. The molecule has 1 aromatic rings. The fourth-order valence-electron chi connectivity index (χ4n) is 1.05. The Labute approximate surface area is 72.4 Å². The maximum atomic E-state index is 12.8. The maximum absolute atomic E-state index is 12.8. The van der Waals surface area contributed by atoms with E-state index in [9.17, 15) is 4.39 Å². The second-order valence-corrected chi connectivity index (χ2v) is 3.28. The maximum Gasteiger partial charge on any atom is 0.123 e. The lowest BCUT2D eigenvalue weighted by molar-refractivity contribution is 0.472. The van der Waals surface area contributed by atoms with E-state index in [1.165, 1.54) is 12.1 Å². The monoisotopic (exact) mass is 167 g/mol. The molecule has 2 heteroatoms. The molecule has 0 radical (unpaired) electrons. The van der Waals surface area contributed by atoms with Gasteiger partial charge in [-0.2, -0.15) is 0 Å². The molecule has 0 spiro atoms.